The maximum atomic E-state index is 5.98. The van der Waals surface area contributed by atoms with Gasteiger partial charge in [0, 0.05) is 16.7 Å². The van der Waals surface area contributed by atoms with Crippen LogP contribution < -0.4 is 0 Å². The van der Waals surface area contributed by atoms with Gasteiger partial charge in [0.15, 0.2) is 0 Å². The fourth-order valence-corrected chi connectivity index (χ4v) is 6.83. The first-order chi connectivity index (χ1) is 23.2. The summed E-state index contributed by atoms with van der Waals surface area (Å²) >= 11 is 0. The SMILES string of the molecule is C#Cc1ccc2ccc(-c3ccccc3)nc2c1N=C(C)c1ccc(-c2c3ccccc3c(C3=CCCC=C3)c3ccccc23)cc1. The monoisotopic (exact) mass is 600 g/mol. The van der Waals surface area contributed by atoms with Crippen molar-refractivity contribution in [3.05, 3.63) is 162 Å². The van der Waals surface area contributed by atoms with E-state index in [0.717, 1.165) is 57.5 Å². The van der Waals surface area contributed by atoms with E-state index in [9.17, 15) is 0 Å². The molecule has 1 heterocycles. The van der Waals surface area contributed by atoms with Gasteiger partial charge in [0.2, 0.25) is 0 Å². The van der Waals surface area contributed by atoms with Crippen molar-refractivity contribution < 1.29 is 0 Å². The highest BCUT2D eigenvalue weighted by Crippen LogP contribution is 2.43. The Morgan fingerprint density at radius 3 is 1.94 bits per heavy atom. The second-order valence-corrected chi connectivity index (χ2v) is 12.0. The summed E-state index contributed by atoms with van der Waals surface area (Å²) < 4.78 is 0. The van der Waals surface area contributed by atoms with E-state index in [-0.39, 0.29) is 0 Å². The first-order valence-electron chi connectivity index (χ1n) is 16.1. The van der Waals surface area contributed by atoms with Gasteiger partial charge in [-0.2, -0.15) is 0 Å². The Morgan fingerprint density at radius 1 is 0.660 bits per heavy atom. The second-order valence-electron chi connectivity index (χ2n) is 12.0. The molecule has 2 heteroatoms. The predicted molar refractivity (Wildman–Crippen MR) is 200 cm³/mol. The average Bonchev–Trinajstić information content (AvgIpc) is 3.14. The molecule has 7 aromatic rings. The number of nitrogens with zero attached hydrogens (tertiary/aromatic N) is 2. The zero-order valence-corrected chi connectivity index (χ0v) is 26.2. The van der Waals surface area contributed by atoms with E-state index in [1.807, 2.05) is 37.3 Å². The number of pyridine rings is 1. The molecule has 0 spiro atoms. The predicted octanol–water partition coefficient (Wildman–Crippen LogP) is 11.7. The van der Waals surface area contributed by atoms with E-state index in [0.29, 0.717) is 0 Å². The van der Waals surface area contributed by atoms with E-state index < -0.39 is 0 Å². The van der Waals surface area contributed by atoms with Gasteiger partial charge in [-0.25, -0.2) is 9.98 Å². The summed E-state index contributed by atoms with van der Waals surface area (Å²) in [6.07, 6.45) is 15.1. The lowest BCUT2D eigenvalue weighted by atomic mass is 9.84. The molecule has 0 unspecified atom stereocenters. The van der Waals surface area contributed by atoms with E-state index in [2.05, 4.69) is 121 Å². The molecule has 0 saturated carbocycles. The average molecular weight is 601 g/mol. The van der Waals surface area contributed by atoms with Crippen molar-refractivity contribution in [2.24, 2.45) is 4.99 Å². The lowest BCUT2D eigenvalue weighted by Gasteiger charge is -2.19. The topological polar surface area (TPSA) is 25.2 Å². The molecule has 6 aromatic carbocycles. The van der Waals surface area contributed by atoms with Crippen LogP contribution in [0.4, 0.5) is 5.69 Å². The first kappa shape index (κ1) is 28.4. The smallest absolute Gasteiger partial charge is 0.105 e. The van der Waals surface area contributed by atoms with Gasteiger partial charge >= 0.3 is 0 Å². The Morgan fingerprint density at radius 2 is 1.30 bits per heavy atom. The van der Waals surface area contributed by atoms with Gasteiger partial charge in [-0.05, 0) is 81.3 Å². The molecule has 1 aromatic heterocycles. The molecule has 222 valence electrons. The van der Waals surface area contributed by atoms with Crippen LogP contribution in [0.5, 0.6) is 0 Å². The summed E-state index contributed by atoms with van der Waals surface area (Å²) in [6, 6.07) is 44.7. The van der Waals surface area contributed by atoms with E-state index in [1.54, 1.807) is 0 Å². The number of aromatic nitrogens is 1. The Bertz CT molecular complexity index is 2400. The summed E-state index contributed by atoms with van der Waals surface area (Å²) in [6.45, 7) is 2.04. The number of benzene rings is 6. The lowest BCUT2D eigenvalue weighted by molar-refractivity contribution is 1.04. The van der Waals surface area contributed by atoms with Crippen LogP contribution >= 0.6 is 0 Å². The van der Waals surface area contributed by atoms with Crippen molar-refractivity contribution in [2.45, 2.75) is 19.8 Å². The molecular weight excluding hydrogens is 569 g/mol. The molecule has 47 heavy (non-hydrogen) atoms. The zero-order chi connectivity index (χ0) is 31.7. The Balaban J connectivity index is 1.24. The molecular formula is C45H32N2. The fourth-order valence-electron chi connectivity index (χ4n) is 6.83. The van der Waals surface area contributed by atoms with Crippen LogP contribution in [0.2, 0.25) is 0 Å². The third-order valence-corrected chi connectivity index (χ3v) is 9.15. The third kappa shape index (κ3) is 5.13. The molecule has 0 radical (unpaired) electrons. The lowest BCUT2D eigenvalue weighted by Crippen LogP contribution is -1.97. The molecule has 0 aliphatic heterocycles. The molecule has 2 nitrogen and oxygen atoms in total. The van der Waals surface area contributed by atoms with Crippen molar-refractivity contribution in [3.63, 3.8) is 0 Å². The summed E-state index contributed by atoms with van der Waals surface area (Å²) in [5.74, 6) is 2.84. The number of fused-ring (bicyclic) bond motifs is 3. The Hall–Kier alpha value is -6.04. The largest absolute Gasteiger partial charge is 0.250 e. The first-order valence-corrected chi connectivity index (χ1v) is 16.1. The minimum absolute atomic E-state index is 0.725. The van der Waals surface area contributed by atoms with Crippen molar-refractivity contribution in [2.75, 3.05) is 0 Å². The standard InChI is InChI=1S/C45H32N2/c1-3-31-22-27-36-28-29-41(33-14-6-4-7-15-33)47-45(36)44(31)46-30(2)32-23-25-35(26-24-32)43-39-20-12-10-18-37(39)42(34-16-8-5-9-17-34)38-19-11-13-21-40(38)43/h1,4,6-8,10-29H,5,9H2,2H3. The van der Waals surface area contributed by atoms with Gasteiger partial charge in [0.1, 0.15) is 5.69 Å². The molecule has 1 aliphatic rings. The molecule has 8 rings (SSSR count). The number of allylic oxidation sites excluding steroid dienone is 4. The molecule has 1 aliphatic carbocycles. The van der Waals surface area contributed by atoms with Gasteiger partial charge in [-0.3, -0.25) is 0 Å². The normalized spacial score (nSPS) is 13.2. The van der Waals surface area contributed by atoms with Crippen molar-refractivity contribution in [1.29, 1.82) is 0 Å². The Kier molecular flexibility index (Phi) is 7.29. The molecule has 0 saturated heterocycles. The minimum atomic E-state index is 0.725. The van der Waals surface area contributed by atoms with Crippen LogP contribution in [0.1, 0.15) is 36.5 Å². The number of aliphatic imine (C=N–C) groups is 1. The van der Waals surface area contributed by atoms with Crippen LogP contribution in [-0.4, -0.2) is 10.7 Å². The molecule has 0 N–H and O–H groups in total. The van der Waals surface area contributed by atoms with Gasteiger partial charge < -0.3 is 0 Å². The van der Waals surface area contributed by atoms with Crippen LogP contribution in [0.15, 0.2) is 151 Å². The summed E-state index contributed by atoms with van der Waals surface area (Å²) in [5, 5.41) is 6.08. The van der Waals surface area contributed by atoms with E-state index in [1.165, 1.54) is 43.8 Å². The zero-order valence-electron chi connectivity index (χ0n) is 26.2. The third-order valence-electron chi connectivity index (χ3n) is 9.15. The highest BCUT2D eigenvalue weighted by Gasteiger charge is 2.17. The van der Waals surface area contributed by atoms with Crippen LogP contribution in [-0.2, 0) is 0 Å². The highest BCUT2D eigenvalue weighted by molar-refractivity contribution is 6.19. The minimum Gasteiger partial charge on any atom is -0.250 e. The van der Waals surface area contributed by atoms with Crippen LogP contribution in [0.25, 0.3) is 60.4 Å². The van der Waals surface area contributed by atoms with Gasteiger partial charge in [-0.15, -0.1) is 6.42 Å². The summed E-state index contributed by atoms with van der Waals surface area (Å²) in [4.78, 5) is 10.2. The Labute approximate surface area is 275 Å². The summed E-state index contributed by atoms with van der Waals surface area (Å²) in [5.41, 5.74) is 11.2. The van der Waals surface area contributed by atoms with Crippen LogP contribution in [0, 0.1) is 12.3 Å². The van der Waals surface area contributed by atoms with Crippen molar-refractivity contribution in [1.82, 2.24) is 4.98 Å². The van der Waals surface area contributed by atoms with E-state index >= 15 is 0 Å². The summed E-state index contributed by atoms with van der Waals surface area (Å²) in [7, 11) is 0. The molecule has 0 bridgehead atoms. The number of terminal acetylenes is 1. The number of rotatable bonds is 5. The molecule has 0 fully saturated rings. The highest BCUT2D eigenvalue weighted by atomic mass is 14.8. The molecule has 0 atom stereocenters. The van der Waals surface area contributed by atoms with Gasteiger partial charge in [-0.1, -0.05) is 139 Å². The van der Waals surface area contributed by atoms with Gasteiger partial charge in [0.25, 0.3) is 0 Å². The van der Waals surface area contributed by atoms with E-state index in [4.69, 9.17) is 16.4 Å². The fraction of sp³-hybridized carbons (Fsp3) is 0.0667. The maximum Gasteiger partial charge on any atom is 0.105 e. The second kappa shape index (κ2) is 12.0. The maximum absolute atomic E-state index is 5.98. The van der Waals surface area contributed by atoms with Gasteiger partial charge in [0.05, 0.1) is 16.8 Å². The number of hydrogen-bond acceptors (Lipinski definition) is 2. The molecule has 0 amide bonds. The van der Waals surface area contributed by atoms with Crippen molar-refractivity contribution >= 4 is 49.4 Å². The van der Waals surface area contributed by atoms with Crippen molar-refractivity contribution in [3.8, 4) is 34.7 Å². The van der Waals surface area contributed by atoms with Crippen LogP contribution in [0.3, 0.4) is 0 Å². The number of hydrogen-bond donors (Lipinski definition) is 0. The quantitative estimate of drug-likeness (QED) is 0.110.